The molecule has 32 valence electrons. The van der Waals surface area contributed by atoms with Crippen molar-refractivity contribution in [1.82, 2.24) is 0 Å². The summed E-state index contributed by atoms with van der Waals surface area (Å²) in [6, 6.07) is 0. The Hall–Kier alpha value is -0.665. The SMILES string of the molecule is NC(N)=[NH2+].[BH4-]. The van der Waals surface area contributed by atoms with Gasteiger partial charge in [0, 0.05) is 0 Å². The molecule has 0 aliphatic carbocycles. The minimum Gasteiger partial charge on any atom is -0.291 e. The predicted octanol–water partition coefficient (Wildman–Crippen LogP) is -4.43. The van der Waals surface area contributed by atoms with Gasteiger partial charge in [0.25, 0.3) is 0 Å². The predicted molar refractivity (Wildman–Crippen MR) is 26.6 cm³/mol. The highest BCUT2D eigenvalue weighted by atomic mass is 14.9. The molecule has 0 fully saturated rings. The van der Waals surface area contributed by atoms with Crippen molar-refractivity contribution in [3.05, 3.63) is 0 Å². The molecule has 0 aromatic carbocycles. The molecule has 0 unspecified atom stereocenters. The Morgan fingerprint density at radius 3 is 1.40 bits per heavy atom. The van der Waals surface area contributed by atoms with E-state index in [0.29, 0.717) is 0 Å². The van der Waals surface area contributed by atoms with Gasteiger partial charge in [0.15, 0.2) is 0 Å². The van der Waals surface area contributed by atoms with Gasteiger partial charge < -0.3 is 0 Å². The fourth-order valence-corrected chi connectivity index (χ4v) is 0. The summed E-state index contributed by atoms with van der Waals surface area (Å²) in [5, 5.41) is 4.58. The lowest BCUT2D eigenvalue weighted by Crippen LogP contribution is -2.51. The van der Waals surface area contributed by atoms with Crippen LogP contribution in [0, 0.1) is 0 Å². The molecule has 0 atom stereocenters. The van der Waals surface area contributed by atoms with Crippen molar-refractivity contribution >= 4 is 14.4 Å². The number of rotatable bonds is 0. The molecule has 0 heterocycles. The van der Waals surface area contributed by atoms with Gasteiger partial charge in [-0.3, -0.25) is 16.9 Å². The second-order valence-electron chi connectivity index (χ2n) is 0.500. The van der Waals surface area contributed by atoms with Gasteiger partial charge in [0.1, 0.15) is 0 Å². The summed E-state index contributed by atoms with van der Waals surface area (Å²) in [7, 11) is 0. The first kappa shape index (κ1) is 8.84. The van der Waals surface area contributed by atoms with E-state index in [0.717, 1.165) is 0 Å². The summed E-state index contributed by atoms with van der Waals surface area (Å²) < 4.78 is 0. The largest absolute Gasteiger partial charge is 0.336 e. The van der Waals surface area contributed by atoms with E-state index in [9.17, 15) is 0 Å². The van der Waals surface area contributed by atoms with Gasteiger partial charge in [-0.1, -0.05) is 8.41 Å². The summed E-state index contributed by atoms with van der Waals surface area (Å²) in [6.45, 7) is 0. The average molecular weight is 74.9 g/mol. The van der Waals surface area contributed by atoms with Gasteiger partial charge in [-0.15, -0.1) is 0 Å². The van der Waals surface area contributed by atoms with E-state index in [1.165, 1.54) is 0 Å². The van der Waals surface area contributed by atoms with E-state index in [2.05, 4.69) is 16.9 Å². The first-order valence-corrected chi connectivity index (χ1v) is 0.866. The third-order valence-corrected chi connectivity index (χ3v) is 0. The molecular formula is CH10BN3. The Labute approximate surface area is 32.4 Å². The van der Waals surface area contributed by atoms with E-state index in [1.54, 1.807) is 0 Å². The number of guanidine groups is 1. The van der Waals surface area contributed by atoms with Gasteiger partial charge in [0.2, 0.25) is 0 Å². The van der Waals surface area contributed by atoms with Crippen LogP contribution in [0.4, 0.5) is 0 Å². The van der Waals surface area contributed by atoms with Gasteiger partial charge in [-0.2, -0.15) is 0 Å². The molecule has 0 bridgehead atoms. The molecule has 3 nitrogen and oxygen atoms in total. The van der Waals surface area contributed by atoms with Gasteiger partial charge in [-0.05, 0) is 0 Å². The van der Waals surface area contributed by atoms with Crippen LogP contribution in [-0.2, 0) is 0 Å². The van der Waals surface area contributed by atoms with Crippen molar-refractivity contribution in [3.63, 3.8) is 0 Å². The van der Waals surface area contributed by atoms with Crippen molar-refractivity contribution in [2.24, 2.45) is 11.5 Å². The average Bonchev–Trinajstić information content (AvgIpc) is 0.811. The molecule has 6 N–H and O–H groups in total. The molecule has 0 amide bonds. The molecule has 5 heavy (non-hydrogen) atoms. The summed E-state index contributed by atoms with van der Waals surface area (Å²) in [5.74, 6) is -0.0833. The zero-order valence-electron chi connectivity index (χ0n) is 2.23. The monoisotopic (exact) mass is 75.1 g/mol. The first-order valence-electron chi connectivity index (χ1n) is 0.866. The molecule has 0 spiro atoms. The standard InChI is InChI=1S/CH5N3.BH4/c2-1(3)4;/h(H5,2,3,4);1H4/q;-1/p+1. The molecule has 4 heteroatoms. The minimum atomic E-state index is -0.0833. The molecule has 0 saturated heterocycles. The van der Waals surface area contributed by atoms with Gasteiger partial charge >= 0.3 is 5.96 Å². The lowest BCUT2D eigenvalue weighted by molar-refractivity contribution is -0.116. The van der Waals surface area contributed by atoms with Crippen LogP contribution in [0.1, 0.15) is 0 Å². The van der Waals surface area contributed by atoms with Gasteiger partial charge in [-0.25, -0.2) is 0 Å². The fourth-order valence-electron chi connectivity index (χ4n) is 0. The molecule has 0 rings (SSSR count). The maximum Gasteiger partial charge on any atom is 0.336 e. The van der Waals surface area contributed by atoms with Crippen LogP contribution in [0.25, 0.3) is 0 Å². The van der Waals surface area contributed by atoms with E-state index in [1.807, 2.05) is 0 Å². The summed E-state index contributed by atoms with van der Waals surface area (Å²) >= 11 is 0. The maximum absolute atomic E-state index is 4.58. The van der Waals surface area contributed by atoms with E-state index >= 15 is 0 Å². The van der Waals surface area contributed by atoms with Crippen LogP contribution >= 0.6 is 0 Å². The Morgan fingerprint density at radius 1 is 1.40 bits per heavy atom. The van der Waals surface area contributed by atoms with Crippen molar-refractivity contribution in [1.29, 1.82) is 0 Å². The minimum absolute atomic E-state index is 0. The van der Waals surface area contributed by atoms with Crippen LogP contribution in [0.5, 0.6) is 0 Å². The van der Waals surface area contributed by atoms with E-state index in [4.69, 9.17) is 0 Å². The third-order valence-electron chi connectivity index (χ3n) is 0. The zero-order chi connectivity index (χ0) is 3.58. The number of hydrogen-bond donors (Lipinski definition) is 3. The summed E-state index contributed by atoms with van der Waals surface area (Å²) in [5.41, 5.74) is 9.17. The number of hydrogen-bond acceptors (Lipinski definition) is 0. The normalized spacial score (nSPS) is 4.80. The second kappa shape index (κ2) is 3.33. The molecule has 0 radical (unpaired) electrons. The van der Waals surface area contributed by atoms with Crippen LogP contribution in [0.15, 0.2) is 0 Å². The van der Waals surface area contributed by atoms with Crippen LogP contribution in [-0.4, -0.2) is 14.4 Å². The van der Waals surface area contributed by atoms with Crippen molar-refractivity contribution in [2.45, 2.75) is 0 Å². The lowest BCUT2D eigenvalue weighted by Gasteiger charge is -1.59. The highest BCUT2D eigenvalue weighted by Crippen LogP contribution is 0.925. The second-order valence-corrected chi connectivity index (χ2v) is 0.500. The molecule has 0 aromatic rings. The lowest BCUT2D eigenvalue weighted by atomic mass is 10.8. The van der Waals surface area contributed by atoms with E-state index < -0.39 is 0 Å². The summed E-state index contributed by atoms with van der Waals surface area (Å²) in [6.07, 6.45) is 0. The topological polar surface area (TPSA) is 77.6 Å². The van der Waals surface area contributed by atoms with Crippen molar-refractivity contribution in [2.75, 3.05) is 0 Å². The Bertz CT molecular complexity index is 29.9. The quantitative estimate of drug-likeness (QED) is 0.154. The molecule has 0 saturated carbocycles. The highest BCUT2D eigenvalue weighted by Gasteiger charge is 1.64. The fraction of sp³-hybridized carbons (Fsp3) is 0. The van der Waals surface area contributed by atoms with Crippen LogP contribution in [0.2, 0.25) is 0 Å². The first-order chi connectivity index (χ1) is 1.73. The number of nitrogens with two attached hydrogens (primary N) is 3. The van der Waals surface area contributed by atoms with Crippen LogP contribution in [0.3, 0.4) is 0 Å². The van der Waals surface area contributed by atoms with Crippen molar-refractivity contribution < 1.29 is 5.41 Å². The zero-order valence-corrected chi connectivity index (χ0v) is 2.23. The molecule has 0 aliphatic heterocycles. The highest BCUT2D eigenvalue weighted by molar-refractivity contribution is 5.75. The van der Waals surface area contributed by atoms with E-state index in [-0.39, 0.29) is 14.4 Å². The van der Waals surface area contributed by atoms with Gasteiger partial charge in [0.05, 0.1) is 0 Å². The smallest absolute Gasteiger partial charge is 0.291 e. The Morgan fingerprint density at radius 2 is 1.40 bits per heavy atom. The van der Waals surface area contributed by atoms with Crippen molar-refractivity contribution in [3.8, 4) is 0 Å². The summed E-state index contributed by atoms with van der Waals surface area (Å²) in [4.78, 5) is 0. The third kappa shape index (κ3) is 13.4. The molecule has 0 aliphatic rings. The Balaban J connectivity index is 0. The maximum atomic E-state index is 4.58. The molecular weight excluding hydrogens is 64.8 g/mol. The molecule has 0 aromatic heterocycles. The Kier molecular flexibility index (Phi) is 5.90. The van der Waals surface area contributed by atoms with Crippen LogP contribution < -0.4 is 16.9 Å².